The molecule has 0 aliphatic heterocycles. The molecule has 126 valence electrons. The van der Waals surface area contributed by atoms with Crippen LogP contribution in [0.1, 0.15) is 19.2 Å². The number of halogens is 1. The smallest absolute Gasteiger partial charge is 0.148 e. The van der Waals surface area contributed by atoms with Gasteiger partial charge in [0.15, 0.2) is 0 Å². The monoisotopic (exact) mass is 344 g/mol. The second-order valence-electron chi connectivity index (χ2n) is 5.46. The van der Waals surface area contributed by atoms with Crippen LogP contribution in [0.5, 0.6) is 5.75 Å². The van der Waals surface area contributed by atoms with E-state index in [2.05, 4.69) is 4.57 Å². The Hall–Kier alpha value is -2.04. The van der Waals surface area contributed by atoms with E-state index in [1.54, 1.807) is 0 Å². The maximum atomic E-state index is 6.10. The van der Waals surface area contributed by atoms with Crippen molar-refractivity contribution in [3.63, 3.8) is 0 Å². The third-order valence-corrected chi connectivity index (χ3v) is 4.01. The maximum Gasteiger partial charge on any atom is 0.148 e. The van der Waals surface area contributed by atoms with Crippen LogP contribution in [0.2, 0.25) is 5.02 Å². The molecular formula is C19H21ClN2O2. The predicted octanol–water partition coefficient (Wildman–Crippen LogP) is 4.70. The van der Waals surface area contributed by atoms with Gasteiger partial charge in [0.05, 0.1) is 11.0 Å². The van der Waals surface area contributed by atoms with Crippen molar-refractivity contribution in [2.75, 3.05) is 13.2 Å². The van der Waals surface area contributed by atoms with Crippen molar-refractivity contribution in [3.05, 3.63) is 59.4 Å². The van der Waals surface area contributed by atoms with Gasteiger partial charge in [-0.1, -0.05) is 29.8 Å². The Labute approximate surface area is 147 Å². The highest BCUT2D eigenvalue weighted by molar-refractivity contribution is 6.31. The zero-order chi connectivity index (χ0) is 16.8. The highest BCUT2D eigenvalue weighted by atomic mass is 35.5. The van der Waals surface area contributed by atoms with Crippen LogP contribution in [0, 0.1) is 0 Å². The van der Waals surface area contributed by atoms with Crippen LogP contribution in [0.4, 0.5) is 0 Å². The largest absolute Gasteiger partial charge is 0.486 e. The zero-order valence-electron chi connectivity index (χ0n) is 13.7. The quantitative estimate of drug-likeness (QED) is 0.556. The van der Waals surface area contributed by atoms with Crippen LogP contribution in [0.15, 0.2) is 48.5 Å². The van der Waals surface area contributed by atoms with Crippen molar-refractivity contribution >= 4 is 22.6 Å². The van der Waals surface area contributed by atoms with Gasteiger partial charge in [0.25, 0.3) is 0 Å². The van der Waals surface area contributed by atoms with E-state index in [0.717, 1.165) is 48.8 Å². The third-order valence-electron chi connectivity index (χ3n) is 3.77. The second-order valence-corrected chi connectivity index (χ2v) is 5.90. The van der Waals surface area contributed by atoms with E-state index in [9.17, 15) is 0 Å². The van der Waals surface area contributed by atoms with Gasteiger partial charge < -0.3 is 14.0 Å². The minimum Gasteiger partial charge on any atom is -0.486 e. The average Bonchev–Trinajstić information content (AvgIpc) is 2.94. The molecule has 4 nitrogen and oxygen atoms in total. The summed E-state index contributed by atoms with van der Waals surface area (Å²) in [6, 6.07) is 15.6. The molecule has 0 bridgehead atoms. The molecule has 1 aromatic heterocycles. The third kappa shape index (κ3) is 4.08. The summed E-state index contributed by atoms with van der Waals surface area (Å²) in [5.74, 6) is 1.73. The topological polar surface area (TPSA) is 36.3 Å². The maximum absolute atomic E-state index is 6.10. The molecule has 0 N–H and O–H groups in total. The first kappa shape index (κ1) is 16.8. The van der Waals surface area contributed by atoms with E-state index in [1.807, 2.05) is 55.5 Å². The van der Waals surface area contributed by atoms with Gasteiger partial charge in [-0.05, 0) is 43.7 Å². The minimum atomic E-state index is 0.422. The summed E-state index contributed by atoms with van der Waals surface area (Å²) in [6.45, 7) is 4.75. The number of para-hydroxylation sites is 1. The van der Waals surface area contributed by atoms with Gasteiger partial charge >= 0.3 is 0 Å². The molecule has 0 amide bonds. The lowest BCUT2D eigenvalue weighted by molar-refractivity contribution is 0.141. The number of ether oxygens (including phenoxy) is 2. The van der Waals surface area contributed by atoms with Gasteiger partial charge in [-0.2, -0.15) is 0 Å². The van der Waals surface area contributed by atoms with Crippen molar-refractivity contribution in [1.82, 2.24) is 9.55 Å². The molecule has 3 rings (SSSR count). The Morgan fingerprint density at radius 2 is 1.96 bits per heavy atom. The molecule has 3 aromatic rings. The molecule has 0 fully saturated rings. The Morgan fingerprint density at radius 1 is 1.12 bits per heavy atom. The van der Waals surface area contributed by atoms with E-state index in [1.165, 1.54) is 0 Å². The summed E-state index contributed by atoms with van der Waals surface area (Å²) >= 11 is 6.10. The van der Waals surface area contributed by atoms with Crippen LogP contribution in [0.3, 0.4) is 0 Å². The molecule has 1 heterocycles. The van der Waals surface area contributed by atoms with E-state index in [0.29, 0.717) is 11.6 Å². The van der Waals surface area contributed by atoms with Gasteiger partial charge in [0, 0.05) is 24.8 Å². The van der Waals surface area contributed by atoms with E-state index < -0.39 is 0 Å². The normalized spacial score (nSPS) is 11.1. The second kappa shape index (κ2) is 8.18. The average molecular weight is 345 g/mol. The SMILES string of the molecule is CCOCCCn1c(COc2ccccc2)nc2cc(Cl)ccc21. The molecule has 0 aliphatic rings. The van der Waals surface area contributed by atoms with Crippen LogP contribution in [0.25, 0.3) is 11.0 Å². The number of fused-ring (bicyclic) bond motifs is 1. The number of aryl methyl sites for hydroxylation is 1. The molecule has 0 aliphatic carbocycles. The van der Waals surface area contributed by atoms with Crippen LogP contribution < -0.4 is 4.74 Å². The molecule has 0 unspecified atom stereocenters. The van der Waals surface area contributed by atoms with Crippen molar-refractivity contribution in [2.45, 2.75) is 26.5 Å². The molecule has 24 heavy (non-hydrogen) atoms. The van der Waals surface area contributed by atoms with Crippen molar-refractivity contribution < 1.29 is 9.47 Å². The number of benzene rings is 2. The number of nitrogens with zero attached hydrogens (tertiary/aromatic N) is 2. The molecular weight excluding hydrogens is 324 g/mol. The molecule has 0 spiro atoms. The van der Waals surface area contributed by atoms with Crippen LogP contribution in [-0.2, 0) is 17.9 Å². The summed E-state index contributed by atoms with van der Waals surface area (Å²) in [4.78, 5) is 4.70. The number of aromatic nitrogens is 2. The van der Waals surface area contributed by atoms with Crippen molar-refractivity contribution in [2.24, 2.45) is 0 Å². The first-order valence-corrected chi connectivity index (χ1v) is 8.56. The molecule has 0 atom stereocenters. The molecule has 2 aromatic carbocycles. The summed E-state index contributed by atoms with van der Waals surface area (Å²) in [7, 11) is 0. The minimum absolute atomic E-state index is 0.422. The summed E-state index contributed by atoms with van der Waals surface area (Å²) in [5.41, 5.74) is 1.97. The Bertz CT molecular complexity index is 787. The number of hydrogen-bond acceptors (Lipinski definition) is 3. The molecule has 0 radical (unpaired) electrons. The Kier molecular flexibility index (Phi) is 5.72. The van der Waals surface area contributed by atoms with E-state index >= 15 is 0 Å². The lowest BCUT2D eigenvalue weighted by Gasteiger charge is -2.10. The standard InChI is InChI=1S/C19H21ClN2O2/c1-2-23-12-6-11-22-18-10-9-15(20)13-17(18)21-19(22)14-24-16-7-4-3-5-8-16/h3-5,7-10,13H,2,6,11-12,14H2,1H3. The van der Waals surface area contributed by atoms with Crippen LogP contribution in [-0.4, -0.2) is 22.8 Å². The summed E-state index contributed by atoms with van der Waals surface area (Å²) < 4.78 is 13.5. The van der Waals surface area contributed by atoms with Crippen LogP contribution >= 0.6 is 11.6 Å². The number of imidazole rings is 1. The first-order valence-electron chi connectivity index (χ1n) is 8.18. The first-order chi connectivity index (χ1) is 11.8. The lowest BCUT2D eigenvalue weighted by Crippen LogP contribution is -2.09. The van der Waals surface area contributed by atoms with Crippen molar-refractivity contribution in [3.8, 4) is 5.75 Å². The number of hydrogen-bond donors (Lipinski definition) is 0. The fourth-order valence-electron chi connectivity index (χ4n) is 2.65. The summed E-state index contributed by atoms with van der Waals surface area (Å²) in [6.07, 6.45) is 0.931. The zero-order valence-corrected chi connectivity index (χ0v) is 14.5. The fraction of sp³-hybridized carbons (Fsp3) is 0.316. The molecule has 0 saturated heterocycles. The summed E-state index contributed by atoms with van der Waals surface area (Å²) in [5, 5.41) is 0.692. The fourth-order valence-corrected chi connectivity index (χ4v) is 2.81. The lowest BCUT2D eigenvalue weighted by atomic mass is 10.3. The highest BCUT2D eigenvalue weighted by Crippen LogP contribution is 2.22. The van der Waals surface area contributed by atoms with Gasteiger partial charge in [-0.15, -0.1) is 0 Å². The molecule has 0 saturated carbocycles. The van der Waals surface area contributed by atoms with E-state index in [-0.39, 0.29) is 0 Å². The van der Waals surface area contributed by atoms with Gasteiger partial charge in [-0.3, -0.25) is 0 Å². The van der Waals surface area contributed by atoms with Gasteiger partial charge in [0.1, 0.15) is 18.2 Å². The van der Waals surface area contributed by atoms with Crippen molar-refractivity contribution in [1.29, 1.82) is 0 Å². The molecule has 5 heteroatoms. The Morgan fingerprint density at radius 3 is 2.75 bits per heavy atom. The Balaban J connectivity index is 1.81. The van der Waals surface area contributed by atoms with Gasteiger partial charge in [0.2, 0.25) is 0 Å². The van der Waals surface area contributed by atoms with E-state index in [4.69, 9.17) is 26.1 Å². The van der Waals surface area contributed by atoms with Gasteiger partial charge in [-0.25, -0.2) is 4.98 Å². The number of rotatable bonds is 8. The predicted molar refractivity (Wildman–Crippen MR) is 96.6 cm³/mol. The highest BCUT2D eigenvalue weighted by Gasteiger charge is 2.11.